The summed E-state index contributed by atoms with van der Waals surface area (Å²) in [7, 11) is 0. The Hall–Kier alpha value is -2.62. The van der Waals surface area contributed by atoms with Gasteiger partial charge in [0.1, 0.15) is 5.75 Å². The molecule has 1 atom stereocenters. The molecule has 0 saturated heterocycles. The van der Waals surface area contributed by atoms with Gasteiger partial charge in [-0.15, -0.1) is 0 Å². The van der Waals surface area contributed by atoms with Crippen LogP contribution in [0, 0.1) is 20.8 Å². The van der Waals surface area contributed by atoms with Gasteiger partial charge in [-0.3, -0.25) is 9.59 Å². The third-order valence-corrected chi connectivity index (χ3v) is 4.04. The molecule has 0 fully saturated rings. The van der Waals surface area contributed by atoms with Crippen molar-refractivity contribution in [3.05, 3.63) is 64.7 Å². The van der Waals surface area contributed by atoms with E-state index in [9.17, 15) is 9.59 Å². The average molecular weight is 325 g/mol. The molecule has 0 aliphatic carbocycles. The van der Waals surface area contributed by atoms with Crippen LogP contribution in [0.5, 0.6) is 5.75 Å². The fraction of sp³-hybridized carbons (Fsp3) is 0.300. The Balaban J connectivity index is 2.17. The van der Waals surface area contributed by atoms with Gasteiger partial charge in [-0.1, -0.05) is 42.5 Å². The van der Waals surface area contributed by atoms with E-state index in [2.05, 4.69) is 5.32 Å². The van der Waals surface area contributed by atoms with Crippen molar-refractivity contribution < 1.29 is 14.3 Å². The Morgan fingerprint density at radius 1 is 1.00 bits per heavy atom. The highest BCUT2D eigenvalue weighted by molar-refractivity contribution is 5.77. The Morgan fingerprint density at radius 3 is 2.25 bits per heavy atom. The number of benzene rings is 2. The quantitative estimate of drug-likeness (QED) is 0.672. The first kappa shape index (κ1) is 17.7. The van der Waals surface area contributed by atoms with Crippen LogP contribution in [-0.4, -0.2) is 11.9 Å². The number of amides is 1. The molecule has 126 valence electrons. The number of carbonyl (C=O) groups excluding carboxylic acids is 2. The molecule has 0 spiro atoms. The Bertz CT molecular complexity index is 738. The highest BCUT2D eigenvalue weighted by Crippen LogP contribution is 2.27. The van der Waals surface area contributed by atoms with Crippen LogP contribution in [0.15, 0.2) is 42.5 Å². The van der Waals surface area contributed by atoms with Gasteiger partial charge in [-0.05, 0) is 43.0 Å². The standard InChI is InChI=1S/C20H23NO3/c1-13-10-11-14(2)20(15(13)3)24-19(23)12-18(21-16(4)22)17-8-6-5-7-9-17/h5-11,18H,12H2,1-4H3,(H,21,22). The number of nitrogens with one attached hydrogen (secondary N) is 1. The van der Waals surface area contributed by atoms with Crippen molar-refractivity contribution in [3.8, 4) is 5.75 Å². The predicted octanol–water partition coefficient (Wildman–Crippen LogP) is 3.78. The number of hydrogen-bond donors (Lipinski definition) is 1. The van der Waals surface area contributed by atoms with Gasteiger partial charge in [0.25, 0.3) is 0 Å². The van der Waals surface area contributed by atoms with Crippen LogP contribution >= 0.6 is 0 Å². The van der Waals surface area contributed by atoms with Gasteiger partial charge in [-0.2, -0.15) is 0 Å². The van der Waals surface area contributed by atoms with E-state index in [0.29, 0.717) is 5.75 Å². The number of esters is 1. The number of ether oxygens (including phenoxy) is 1. The first-order valence-electron chi connectivity index (χ1n) is 7.98. The molecule has 4 heteroatoms. The third-order valence-electron chi connectivity index (χ3n) is 4.04. The molecular weight excluding hydrogens is 302 g/mol. The van der Waals surface area contributed by atoms with Crippen LogP contribution in [0.2, 0.25) is 0 Å². The van der Waals surface area contributed by atoms with Crippen molar-refractivity contribution in [2.45, 2.75) is 40.2 Å². The minimum Gasteiger partial charge on any atom is -0.426 e. The third kappa shape index (κ3) is 4.44. The van der Waals surface area contributed by atoms with Crippen LogP contribution in [0.25, 0.3) is 0 Å². The van der Waals surface area contributed by atoms with E-state index in [1.54, 1.807) is 0 Å². The molecular formula is C20H23NO3. The summed E-state index contributed by atoms with van der Waals surface area (Å²) in [6.45, 7) is 7.28. The lowest BCUT2D eigenvalue weighted by atomic mass is 10.0. The van der Waals surface area contributed by atoms with E-state index in [1.807, 2.05) is 63.2 Å². The second-order valence-electron chi connectivity index (χ2n) is 6.00. The van der Waals surface area contributed by atoms with Gasteiger partial charge in [0.05, 0.1) is 12.5 Å². The number of rotatable bonds is 5. The lowest BCUT2D eigenvalue weighted by molar-refractivity contribution is -0.135. The van der Waals surface area contributed by atoms with Gasteiger partial charge in [0.2, 0.25) is 5.91 Å². The molecule has 1 unspecified atom stereocenters. The maximum absolute atomic E-state index is 12.4. The minimum absolute atomic E-state index is 0.0798. The molecule has 0 saturated carbocycles. The predicted molar refractivity (Wildman–Crippen MR) is 93.9 cm³/mol. The molecule has 0 bridgehead atoms. The number of aryl methyl sites for hydroxylation is 2. The summed E-state index contributed by atoms with van der Waals surface area (Å²) in [5.74, 6) is 0.0589. The molecule has 4 nitrogen and oxygen atoms in total. The van der Waals surface area contributed by atoms with Crippen LogP contribution in [0.3, 0.4) is 0 Å². The van der Waals surface area contributed by atoms with Gasteiger partial charge >= 0.3 is 5.97 Å². The van der Waals surface area contributed by atoms with E-state index < -0.39 is 6.04 Å². The average Bonchev–Trinajstić information content (AvgIpc) is 2.55. The topological polar surface area (TPSA) is 55.4 Å². The normalized spacial score (nSPS) is 11.7. The van der Waals surface area contributed by atoms with Crippen LogP contribution < -0.4 is 10.1 Å². The van der Waals surface area contributed by atoms with Crippen LogP contribution in [0.1, 0.15) is 41.6 Å². The molecule has 0 aromatic heterocycles. The van der Waals surface area contributed by atoms with Crippen molar-refractivity contribution in [2.75, 3.05) is 0 Å². The van der Waals surface area contributed by atoms with E-state index >= 15 is 0 Å². The Morgan fingerprint density at radius 2 is 1.62 bits per heavy atom. The van der Waals surface area contributed by atoms with Gasteiger partial charge in [0, 0.05) is 6.92 Å². The smallest absolute Gasteiger partial charge is 0.313 e. The summed E-state index contributed by atoms with van der Waals surface area (Å²) in [4.78, 5) is 23.9. The number of carbonyl (C=O) groups is 2. The molecule has 1 amide bonds. The second-order valence-corrected chi connectivity index (χ2v) is 6.00. The molecule has 0 radical (unpaired) electrons. The van der Waals surface area contributed by atoms with E-state index in [-0.39, 0.29) is 18.3 Å². The monoisotopic (exact) mass is 325 g/mol. The first-order chi connectivity index (χ1) is 11.4. The highest BCUT2D eigenvalue weighted by atomic mass is 16.5. The Kier molecular flexibility index (Phi) is 5.74. The van der Waals surface area contributed by atoms with Crippen molar-refractivity contribution in [3.63, 3.8) is 0 Å². The second kappa shape index (κ2) is 7.77. The van der Waals surface area contributed by atoms with Crippen molar-refractivity contribution in [1.82, 2.24) is 5.32 Å². The van der Waals surface area contributed by atoms with Crippen LogP contribution in [0.4, 0.5) is 0 Å². The van der Waals surface area contributed by atoms with E-state index in [1.165, 1.54) is 6.92 Å². The largest absolute Gasteiger partial charge is 0.426 e. The van der Waals surface area contributed by atoms with Gasteiger partial charge in [-0.25, -0.2) is 0 Å². The van der Waals surface area contributed by atoms with Gasteiger partial charge < -0.3 is 10.1 Å². The summed E-state index contributed by atoms with van der Waals surface area (Å²) in [5.41, 5.74) is 3.83. The molecule has 2 rings (SSSR count). The maximum atomic E-state index is 12.4. The molecule has 0 aliphatic heterocycles. The minimum atomic E-state index is -0.401. The van der Waals surface area contributed by atoms with Gasteiger partial charge in [0.15, 0.2) is 0 Å². The Labute approximate surface area is 142 Å². The molecule has 2 aromatic rings. The fourth-order valence-electron chi connectivity index (χ4n) is 2.59. The summed E-state index contributed by atoms with van der Waals surface area (Å²) >= 11 is 0. The summed E-state index contributed by atoms with van der Waals surface area (Å²) in [5, 5.41) is 2.81. The van der Waals surface area contributed by atoms with Crippen molar-refractivity contribution >= 4 is 11.9 Å². The maximum Gasteiger partial charge on any atom is 0.313 e. The highest BCUT2D eigenvalue weighted by Gasteiger charge is 2.19. The lowest BCUT2D eigenvalue weighted by Crippen LogP contribution is -2.29. The van der Waals surface area contributed by atoms with Crippen molar-refractivity contribution in [2.24, 2.45) is 0 Å². The summed E-state index contributed by atoms with van der Waals surface area (Å²) in [6, 6.07) is 13.0. The fourth-order valence-corrected chi connectivity index (χ4v) is 2.59. The summed E-state index contributed by atoms with van der Waals surface area (Å²) in [6.07, 6.45) is 0.0798. The SMILES string of the molecule is CC(=O)NC(CC(=O)Oc1c(C)ccc(C)c1C)c1ccccc1. The molecule has 1 N–H and O–H groups in total. The molecule has 0 heterocycles. The molecule has 24 heavy (non-hydrogen) atoms. The lowest BCUT2D eigenvalue weighted by Gasteiger charge is -2.19. The van der Waals surface area contributed by atoms with E-state index in [0.717, 1.165) is 22.3 Å². The van der Waals surface area contributed by atoms with Crippen molar-refractivity contribution in [1.29, 1.82) is 0 Å². The number of hydrogen-bond acceptors (Lipinski definition) is 3. The zero-order chi connectivity index (χ0) is 17.7. The van der Waals surface area contributed by atoms with E-state index in [4.69, 9.17) is 4.74 Å². The first-order valence-corrected chi connectivity index (χ1v) is 7.98. The zero-order valence-corrected chi connectivity index (χ0v) is 14.6. The molecule has 2 aromatic carbocycles. The zero-order valence-electron chi connectivity index (χ0n) is 14.6. The van der Waals surface area contributed by atoms with Crippen LogP contribution in [-0.2, 0) is 9.59 Å². The summed E-state index contributed by atoms with van der Waals surface area (Å²) < 4.78 is 5.60. The molecule has 0 aliphatic rings.